The van der Waals surface area contributed by atoms with Crippen LogP contribution < -0.4 is 4.90 Å². The molecule has 0 N–H and O–H groups in total. The van der Waals surface area contributed by atoms with Crippen LogP contribution >= 0.6 is 11.8 Å². The van der Waals surface area contributed by atoms with Gasteiger partial charge in [-0.25, -0.2) is 8.42 Å². The van der Waals surface area contributed by atoms with E-state index in [0.29, 0.717) is 5.25 Å². The van der Waals surface area contributed by atoms with Crippen LogP contribution in [0.15, 0.2) is 23.1 Å². The molecule has 1 aliphatic rings. The summed E-state index contributed by atoms with van der Waals surface area (Å²) in [7, 11) is -3.65. The van der Waals surface area contributed by atoms with E-state index in [1.807, 2.05) is 11.8 Å². The Kier molecular flexibility index (Phi) is 5.91. The van der Waals surface area contributed by atoms with Crippen LogP contribution in [0, 0.1) is 10.1 Å². The van der Waals surface area contributed by atoms with Crippen LogP contribution in [0.3, 0.4) is 0 Å². The lowest BCUT2D eigenvalue weighted by atomic mass is 10.2. The summed E-state index contributed by atoms with van der Waals surface area (Å²) in [5.41, 5.74) is 0.394. The molecule has 1 heterocycles. The molecule has 0 radical (unpaired) electrons. The standard InChI is InChI=1S/C15H22N2O4S2/c1-3-22-13-6-4-5-9-16(11-13)12-7-8-14(17(18)19)15(10-12)23(2,20)21/h7-8,10,13H,3-6,9,11H2,1-2H3. The van der Waals surface area contributed by atoms with Crippen molar-refractivity contribution in [2.24, 2.45) is 0 Å². The van der Waals surface area contributed by atoms with Crippen LogP contribution in [0.5, 0.6) is 0 Å². The molecule has 0 aromatic heterocycles. The zero-order chi connectivity index (χ0) is 17.0. The molecule has 1 unspecified atom stereocenters. The zero-order valence-electron chi connectivity index (χ0n) is 13.4. The molecule has 0 amide bonds. The number of benzene rings is 1. The number of nitro groups is 1. The second-order valence-corrected chi connectivity index (χ2v) is 9.26. The van der Waals surface area contributed by atoms with Gasteiger partial charge >= 0.3 is 0 Å². The van der Waals surface area contributed by atoms with Crippen LogP contribution in [-0.4, -0.2) is 43.7 Å². The van der Waals surface area contributed by atoms with E-state index in [1.54, 1.807) is 6.07 Å². The van der Waals surface area contributed by atoms with Crippen LogP contribution in [0.2, 0.25) is 0 Å². The van der Waals surface area contributed by atoms with Gasteiger partial charge in [0.05, 0.1) is 4.92 Å². The van der Waals surface area contributed by atoms with Gasteiger partial charge in [0.15, 0.2) is 9.84 Å². The molecule has 0 bridgehead atoms. The van der Waals surface area contributed by atoms with Crippen LogP contribution in [0.25, 0.3) is 0 Å². The van der Waals surface area contributed by atoms with Crippen molar-refractivity contribution >= 4 is 33.0 Å². The summed E-state index contributed by atoms with van der Waals surface area (Å²) < 4.78 is 23.8. The topological polar surface area (TPSA) is 80.5 Å². The number of hydrogen-bond donors (Lipinski definition) is 0. The molecule has 8 heteroatoms. The Hall–Kier alpha value is -1.28. The Labute approximate surface area is 141 Å². The summed E-state index contributed by atoms with van der Waals surface area (Å²) in [4.78, 5) is 12.4. The van der Waals surface area contributed by atoms with Gasteiger partial charge in [-0.2, -0.15) is 11.8 Å². The maximum atomic E-state index is 11.9. The molecule has 1 fully saturated rings. The quantitative estimate of drug-likeness (QED) is 0.594. The van der Waals surface area contributed by atoms with Crippen molar-refractivity contribution in [3.8, 4) is 0 Å². The summed E-state index contributed by atoms with van der Waals surface area (Å²) in [5, 5.41) is 11.6. The first kappa shape index (κ1) is 18.1. The highest BCUT2D eigenvalue weighted by molar-refractivity contribution is 7.99. The van der Waals surface area contributed by atoms with E-state index in [1.165, 1.54) is 12.1 Å². The highest BCUT2D eigenvalue weighted by Crippen LogP contribution is 2.31. The minimum Gasteiger partial charge on any atom is -0.370 e. The minimum absolute atomic E-state index is 0.205. The van der Waals surface area contributed by atoms with Gasteiger partial charge in [-0.15, -0.1) is 0 Å². The fourth-order valence-electron chi connectivity index (χ4n) is 2.86. The molecule has 2 rings (SSSR count). The molecular weight excluding hydrogens is 336 g/mol. The Bertz CT molecular complexity index is 676. The molecule has 23 heavy (non-hydrogen) atoms. The van der Waals surface area contributed by atoms with Gasteiger partial charge in [-0.3, -0.25) is 10.1 Å². The molecule has 0 spiro atoms. The lowest BCUT2D eigenvalue weighted by Crippen LogP contribution is -2.29. The van der Waals surface area contributed by atoms with Crippen molar-refractivity contribution in [2.45, 2.75) is 36.3 Å². The average Bonchev–Trinajstić information content (AvgIpc) is 2.72. The molecule has 1 saturated heterocycles. The number of thioether (sulfide) groups is 1. The number of hydrogen-bond acceptors (Lipinski definition) is 6. The first-order valence-corrected chi connectivity index (χ1v) is 10.6. The molecule has 6 nitrogen and oxygen atoms in total. The summed E-state index contributed by atoms with van der Waals surface area (Å²) in [6.45, 7) is 3.83. The fraction of sp³-hybridized carbons (Fsp3) is 0.600. The Morgan fingerprint density at radius 3 is 2.74 bits per heavy atom. The van der Waals surface area contributed by atoms with Gasteiger partial charge in [0.25, 0.3) is 5.69 Å². The Morgan fingerprint density at radius 1 is 1.39 bits per heavy atom. The SMILES string of the molecule is CCSC1CCCCN(c2ccc([N+](=O)[O-])c(S(C)(=O)=O)c2)C1. The number of sulfone groups is 1. The van der Waals surface area contributed by atoms with Crippen molar-refractivity contribution in [3.63, 3.8) is 0 Å². The van der Waals surface area contributed by atoms with E-state index in [9.17, 15) is 18.5 Å². The third kappa shape index (κ3) is 4.60. The van der Waals surface area contributed by atoms with E-state index >= 15 is 0 Å². The number of nitrogens with zero attached hydrogens (tertiary/aromatic N) is 2. The lowest BCUT2D eigenvalue weighted by Gasteiger charge is -2.26. The second-order valence-electron chi connectivity index (χ2n) is 5.70. The second kappa shape index (κ2) is 7.53. The summed E-state index contributed by atoms with van der Waals surface area (Å²) in [6, 6.07) is 4.41. The lowest BCUT2D eigenvalue weighted by molar-refractivity contribution is -0.387. The van der Waals surface area contributed by atoms with Crippen molar-refractivity contribution in [2.75, 3.05) is 30.0 Å². The van der Waals surface area contributed by atoms with Crippen LogP contribution in [0.4, 0.5) is 11.4 Å². The fourth-order valence-corrected chi connectivity index (χ4v) is 4.80. The van der Waals surface area contributed by atoms with Gasteiger partial charge in [0.2, 0.25) is 0 Å². The number of nitro benzene ring substituents is 1. The maximum absolute atomic E-state index is 11.9. The zero-order valence-corrected chi connectivity index (χ0v) is 15.0. The van der Waals surface area contributed by atoms with Crippen molar-refractivity contribution in [3.05, 3.63) is 28.3 Å². The molecule has 0 aliphatic carbocycles. The summed E-state index contributed by atoms with van der Waals surface area (Å²) in [5.74, 6) is 1.05. The van der Waals surface area contributed by atoms with Crippen molar-refractivity contribution < 1.29 is 13.3 Å². The van der Waals surface area contributed by atoms with Crippen LogP contribution in [-0.2, 0) is 9.84 Å². The molecular formula is C15H22N2O4S2. The van der Waals surface area contributed by atoms with Gasteiger partial charge in [0, 0.05) is 36.3 Å². The van der Waals surface area contributed by atoms with Gasteiger partial charge < -0.3 is 4.90 Å². The third-order valence-corrected chi connectivity index (χ3v) is 6.25. The first-order chi connectivity index (χ1) is 10.8. The summed E-state index contributed by atoms with van der Waals surface area (Å²) >= 11 is 1.91. The normalized spacial score (nSPS) is 19.4. The number of rotatable bonds is 5. The van der Waals surface area contributed by atoms with E-state index in [0.717, 1.165) is 50.0 Å². The van der Waals surface area contributed by atoms with E-state index < -0.39 is 14.8 Å². The van der Waals surface area contributed by atoms with Crippen LogP contribution in [0.1, 0.15) is 26.2 Å². The van der Waals surface area contributed by atoms with Gasteiger partial charge in [-0.05, 0) is 30.7 Å². The van der Waals surface area contributed by atoms with Crippen molar-refractivity contribution in [1.29, 1.82) is 0 Å². The summed E-state index contributed by atoms with van der Waals surface area (Å²) in [6.07, 6.45) is 4.37. The Morgan fingerprint density at radius 2 is 2.13 bits per heavy atom. The van der Waals surface area contributed by atoms with Gasteiger partial charge in [0.1, 0.15) is 4.90 Å². The largest absolute Gasteiger partial charge is 0.370 e. The molecule has 1 atom stereocenters. The number of anilines is 1. The third-order valence-electron chi connectivity index (χ3n) is 3.94. The van der Waals surface area contributed by atoms with E-state index in [4.69, 9.17) is 0 Å². The predicted octanol–water partition coefficient (Wildman–Crippen LogP) is 3.11. The highest BCUT2D eigenvalue weighted by atomic mass is 32.2. The molecule has 1 aromatic carbocycles. The molecule has 0 saturated carbocycles. The molecule has 128 valence electrons. The first-order valence-electron chi connectivity index (χ1n) is 7.68. The van der Waals surface area contributed by atoms with E-state index in [-0.39, 0.29) is 10.6 Å². The smallest absolute Gasteiger partial charge is 0.288 e. The monoisotopic (exact) mass is 358 g/mol. The van der Waals surface area contributed by atoms with E-state index in [2.05, 4.69) is 11.8 Å². The average molecular weight is 358 g/mol. The maximum Gasteiger partial charge on any atom is 0.288 e. The highest BCUT2D eigenvalue weighted by Gasteiger charge is 2.25. The molecule has 1 aromatic rings. The van der Waals surface area contributed by atoms with Gasteiger partial charge in [-0.1, -0.05) is 13.3 Å². The van der Waals surface area contributed by atoms with Crippen molar-refractivity contribution in [1.82, 2.24) is 0 Å². The Balaban J connectivity index is 2.37. The predicted molar refractivity (Wildman–Crippen MR) is 94.2 cm³/mol. The molecule has 1 aliphatic heterocycles. The minimum atomic E-state index is -3.65.